The number of rotatable bonds is 6. The summed E-state index contributed by atoms with van der Waals surface area (Å²) in [6.07, 6.45) is 1.57. The number of pyridine rings is 1. The Bertz CT molecular complexity index is 963. The van der Waals surface area contributed by atoms with Gasteiger partial charge in [-0.05, 0) is 57.2 Å². The number of hydrogen-bond acceptors (Lipinski definition) is 5. The molecule has 0 atom stereocenters. The maximum Gasteiger partial charge on any atom is 0.339 e. The average Bonchev–Trinajstić information content (AvgIpc) is 3.20. The van der Waals surface area contributed by atoms with E-state index in [4.69, 9.17) is 9.15 Å². The third-order valence-electron chi connectivity index (χ3n) is 4.29. The maximum absolute atomic E-state index is 13.2. The zero-order valence-corrected chi connectivity index (χ0v) is 16.1. The average molecular weight is 378 g/mol. The summed E-state index contributed by atoms with van der Waals surface area (Å²) in [5.41, 5.74) is 2.89. The molecule has 0 N–H and O–H groups in total. The van der Waals surface area contributed by atoms with Crippen molar-refractivity contribution in [1.82, 2.24) is 4.98 Å². The molecule has 2 aromatic heterocycles. The number of esters is 1. The van der Waals surface area contributed by atoms with E-state index in [0.717, 1.165) is 11.3 Å². The van der Waals surface area contributed by atoms with E-state index in [1.165, 1.54) is 0 Å². The van der Waals surface area contributed by atoms with E-state index in [1.807, 2.05) is 37.3 Å². The minimum Gasteiger partial charge on any atom is -0.467 e. The van der Waals surface area contributed by atoms with Crippen molar-refractivity contribution < 1.29 is 18.7 Å². The third-order valence-corrected chi connectivity index (χ3v) is 4.29. The second-order valence-corrected chi connectivity index (χ2v) is 6.36. The van der Waals surface area contributed by atoms with Crippen molar-refractivity contribution in [1.29, 1.82) is 0 Å². The van der Waals surface area contributed by atoms with Gasteiger partial charge in [0, 0.05) is 5.69 Å². The summed E-state index contributed by atoms with van der Waals surface area (Å²) in [5.74, 6) is -0.0648. The first-order chi connectivity index (χ1) is 13.5. The Balaban J connectivity index is 1.93. The first-order valence-corrected chi connectivity index (χ1v) is 9.05. The molecule has 6 heteroatoms. The first kappa shape index (κ1) is 19.4. The molecule has 144 valence electrons. The highest BCUT2D eigenvalue weighted by Crippen LogP contribution is 2.21. The van der Waals surface area contributed by atoms with E-state index in [1.54, 1.807) is 43.2 Å². The number of aryl methyl sites for hydroxylation is 2. The largest absolute Gasteiger partial charge is 0.467 e. The summed E-state index contributed by atoms with van der Waals surface area (Å²) < 4.78 is 10.4. The molecular formula is C22H22N2O4. The molecule has 3 rings (SSSR count). The molecule has 0 saturated heterocycles. The summed E-state index contributed by atoms with van der Waals surface area (Å²) in [5, 5.41) is 0. The van der Waals surface area contributed by atoms with Crippen molar-refractivity contribution in [3.8, 4) is 0 Å². The normalized spacial score (nSPS) is 10.5. The lowest BCUT2D eigenvalue weighted by Crippen LogP contribution is -2.31. The summed E-state index contributed by atoms with van der Waals surface area (Å²) in [6, 6.07) is 14.4. The third kappa shape index (κ3) is 4.28. The van der Waals surface area contributed by atoms with E-state index in [0.29, 0.717) is 17.0 Å². The standard InChI is InChI=1S/C22H22N2O4/c1-4-27-22(26)19-11-12-20(23-16(19)3)21(25)24(14-18-6-5-13-28-18)17-9-7-15(2)8-10-17/h5-13H,4,14H2,1-3H3. The zero-order valence-electron chi connectivity index (χ0n) is 16.1. The number of amides is 1. The number of aromatic nitrogens is 1. The minimum atomic E-state index is -0.447. The number of anilines is 1. The quantitative estimate of drug-likeness (QED) is 0.598. The van der Waals surface area contributed by atoms with Crippen molar-refractivity contribution in [2.75, 3.05) is 11.5 Å². The monoisotopic (exact) mass is 378 g/mol. The molecule has 0 radical (unpaired) electrons. The summed E-state index contributed by atoms with van der Waals surface area (Å²) in [7, 11) is 0. The molecule has 6 nitrogen and oxygen atoms in total. The van der Waals surface area contributed by atoms with E-state index >= 15 is 0 Å². The van der Waals surface area contributed by atoms with Gasteiger partial charge in [0.1, 0.15) is 11.5 Å². The molecule has 1 aromatic carbocycles. The van der Waals surface area contributed by atoms with Crippen LogP contribution in [-0.2, 0) is 11.3 Å². The first-order valence-electron chi connectivity index (χ1n) is 9.05. The van der Waals surface area contributed by atoms with Gasteiger partial charge in [-0.2, -0.15) is 0 Å². The van der Waals surface area contributed by atoms with Crippen molar-refractivity contribution in [3.05, 3.63) is 83.1 Å². The fourth-order valence-electron chi connectivity index (χ4n) is 2.81. The number of carbonyl (C=O) groups is 2. The summed E-state index contributed by atoms with van der Waals surface area (Å²) in [6.45, 7) is 5.97. The SMILES string of the molecule is CCOC(=O)c1ccc(C(=O)N(Cc2ccco2)c2ccc(C)cc2)nc1C. The van der Waals surface area contributed by atoms with Gasteiger partial charge in [0.15, 0.2) is 0 Å². The molecular weight excluding hydrogens is 356 g/mol. The fraction of sp³-hybridized carbons (Fsp3) is 0.227. The van der Waals surface area contributed by atoms with Gasteiger partial charge in [-0.1, -0.05) is 17.7 Å². The highest BCUT2D eigenvalue weighted by atomic mass is 16.5. The maximum atomic E-state index is 13.2. The topological polar surface area (TPSA) is 72.6 Å². The Labute approximate surface area is 163 Å². The number of hydrogen-bond donors (Lipinski definition) is 0. The molecule has 0 saturated carbocycles. The minimum absolute atomic E-state index is 0.248. The molecule has 3 aromatic rings. The Morgan fingerprint density at radius 2 is 1.82 bits per heavy atom. The van der Waals surface area contributed by atoms with Crippen molar-refractivity contribution in [2.45, 2.75) is 27.3 Å². The van der Waals surface area contributed by atoms with Gasteiger partial charge in [-0.3, -0.25) is 9.69 Å². The summed E-state index contributed by atoms with van der Waals surface area (Å²) >= 11 is 0. The Kier molecular flexibility index (Phi) is 5.89. The van der Waals surface area contributed by atoms with Gasteiger partial charge in [-0.15, -0.1) is 0 Å². The van der Waals surface area contributed by atoms with E-state index in [2.05, 4.69) is 4.98 Å². The molecule has 0 fully saturated rings. The second kappa shape index (κ2) is 8.52. The van der Waals surface area contributed by atoms with E-state index in [9.17, 15) is 9.59 Å². The Morgan fingerprint density at radius 1 is 1.07 bits per heavy atom. The van der Waals surface area contributed by atoms with Crippen LogP contribution in [0.15, 0.2) is 59.2 Å². The number of nitrogens with zero attached hydrogens (tertiary/aromatic N) is 2. The number of ether oxygens (including phenoxy) is 1. The van der Waals surface area contributed by atoms with Gasteiger partial charge in [0.2, 0.25) is 0 Å². The molecule has 0 aliphatic heterocycles. The Morgan fingerprint density at radius 3 is 2.43 bits per heavy atom. The van der Waals surface area contributed by atoms with Crippen LogP contribution in [0.1, 0.15) is 44.8 Å². The highest BCUT2D eigenvalue weighted by Gasteiger charge is 2.22. The smallest absolute Gasteiger partial charge is 0.339 e. The molecule has 0 unspecified atom stereocenters. The van der Waals surface area contributed by atoms with Gasteiger partial charge >= 0.3 is 5.97 Å². The number of benzene rings is 1. The second-order valence-electron chi connectivity index (χ2n) is 6.36. The lowest BCUT2D eigenvalue weighted by atomic mass is 10.1. The van der Waals surface area contributed by atoms with Crippen LogP contribution in [-0.4, -0.2) is 23.5 Å². The molecule has 1 amide bonds. The van der Waals surface area contributed by atoms with E-state index < -0.39 is 5.97 Å². The van der Waals surface area contributed by atoms with Crippen molar-refractivity contribution >= 4 is 17.6 Å². The van der Waals surface area contributed by atoms with Crippen molar-refractivity contribution in [2.24, 2.45) is 0 Å². The lowest BCUT2D eigenvalue weighted by molar-refractivity contribution is 0.0524. The van der Waals surface area contributed by atoms with Crippen LogP contribution in [0.3, 0.4) is 0 Å². The Hall–Kier alpha value is -3.41. The van der Waals surface area contributed by atoms with Crippen LogP contribution in [0.5, 0.6) is 0 Å². The van der Waals surface area contributed by atoms with Crippen LogP contribution in [0.25, 0.3) is 0 Å². The van der Waals surface area contributed by atoms with Gasteiger partial charge in [0.25, 0.3) is 5.91 Å². The molecule has 0 bridgehead atoms. The fourth-order valence-corrected chi connectivity index (χ4v) is 2.81. The molecule has 28 heavy (non-hydrogen) atoms. The van der Waals surface area contributed by atoms with Crippen LogP contribution in [0.2, 0.25) is 0 Å². The van der Waals surface area contributed by atoms with Crippen LogP contribution < -0.4 is 4.90 Å². The van der Waals surface area contributed by atoms with Gasteiger partial charge in [0.05, 0.1) is 30.7 Å². The predicted molar refractivity (Wildman–Crippen MR) is 105 cm³/mol. The summed E-state index contributed by atoms with van der Waals surface area (Å²) in [4.78, 5) is 31.1. The lowest BCUT2D eigenvalue weighted by Gasteiger charge is -2.22. The molecule has 0 aliphatic rings. The van der Waals surface area contributed by atoms with Gasteiger partial charge < -0.3 is 9.15 Å². The number of carbonyl (C=O) groups excluding carboxylic acids is 2. The molecule has 2 heterocycles. The van der Waals surface area contributed by atoms with Gasteiger partial charge in [-0.25, -0.2) is 9.78 Å². The van der Waals surface area contributed by atoms with Crippen LogP contribution in [0.4, 0.5) is 5.69 Å². The van der Waals surface area contributed by atoms with Crippen LogP contribution >= 0.6 is 0 Å². The van der Waals surface area contributed by atoms with Crippen LogP contribution in [0, 0.1) is 13.8 Å². The van der Waals surface area contributed by atoms with E-state index in [-0.39, 0.29) is 24.8 Å². The predicted octanol–water partition coefficient (Wildman–Crippen LogP) is 4.32. The number of furan rings is 1. The van der Waals surface area contributed by atoms with Crippen molar-refractivity contribution in [3.63, 3.8) is 0 Å². The highest BCUT2D eigenvalue weighted by molar-refractivity contribution is 6.05. The molecule has 0 spiro atoms. The zero-order chi connectivity index (χ0) is 20.1. The molecule has 0 aliphatic carbocycles.